The normalized spacial score (nSPS) is 24.6. The first-order valence-corrected chi connectivity index (χ1v) is 9.11. The Labute approximate surface area is 153 Å². The molecule has 2 aromatic carbocycles. The SMILES string of the molecule is CCOc1cccc2c1OC1NC(c3ccc(C)cc3)NC(=S)C1C2. The van der Waals surface area contributed by atoms with Gasteiger partial charge in [0.2, 0.25) is 0 Å². The number of nitrogens with one attached hydrogen (secondary N) is 2. The average molecular weight is 354 g/mol. The number of hydrogen-bond acceptors (Lipinski definition) is 4. The molecule has 0 aromatic heterocycles. The van der Waals surface area contributed by atoms with Crippen LogP contribution in [0.1, 0.15) is 29.8 Å². The van der Waals surface area contributed by atoms with Gasteiger partial charge in [-0.15, -0.1) is 0 Å². The van der Waals surface area contributed by atoms with Crippen molar-refractivity contribution in [2.24, 2.45) is 5.92 Å². The number of thiocarbonyl (C=S) groups is 1. The fraction of sp³-hybridized carbons (Fsp3) is 0.350. The third kappa shape index (κ3) is 3.10. The van der Waals surface area contributed by atoms with Crippen molar-refractivity contribution in [1.82, 2.24) is 10.6 Å². The van der Waals surface area contributed by atoms with Gasteiger partial charge in [-0.05, 0) is 37.5 Å². The number of aryl methyl sites for hydroxylation is 1. The number of fused-ring (bicyclic) bond motifs is 2. The van der Waals surface area contributed by atoms with E-state index in [1.54, 1.807) is 0 Å². The van der Waals surface area contributed by atoms with E-state index >= 15 is 0 Å². The van der Waals surface area contributed by atoms with Crippen molar-refractivity contribution in [2.45, 2.75) is 32.7 Å². The lowest BCUT2D eigenvalue weighted by molar-refractivity contribution is 0.0762. The van der Waals surface area contributed by atoms with E-state index in [0.717, 1.165) is 34.0 Å². The molecule has 2 aliphatic heterocycles. The molecule has 2 N–H and O–H groups in total. The summed E-state index contributed by atoms with van der Waals surface area (Å²) in [6.07, 6.45) is 0.643. The average Bonchev–Trinajstić information content (AvgIpc) is 2.62. The Kier molecular flexibility index (Phi) is 4.36. The van der Waals surface area contributed by atoms with Gasteiger partial charge in [0.25, 0.3) is 0 Å². The maximum absolute atomic E-state index is 6.30. The summed E-state index contributed by atoms with van der Waals surface area (Å²) in [6, 6.07) is 14.5. The van der Waals surface area contributed by atoms with E-state index < -0.39 is 0 Å². The van der Waals surface area contributed by atoms with Crippen LogP contribution in [0.5, 0.6) is 11.5 Å². The van der Waals surface area contributed by atoms with Crippen LogP contribution in [-0.2, 0) is 6.42 Å². The van der Waals surface area contributed by atoms with Crippen LogP contribution in [0.15, 0.2) is 42.5 Å². The Morgan fingerprint density at radius 3 is 2.76 bits per heavy atom. The van der Waals surface area contributed by atoms with Crippen LogP contribution < -0.4 is 20.1 Å². The highest BCUT2D eigenvalue weighted by molar-refractivity contribution is 7.80. The quantitative estimate of drug-likeness (QED) is 0.826. The molecule has 4 rings (SSSR count). The third-order valence-corrected chi connectivity index (χ3v) is 5.20. The van der Waals surface area contributed by atoms with E-state index in [1.807, 2.05) is 19.1 Å². The lowest BCUT2D eigenvalue weighted by Gasteiger charge is -2.42. The van der Waals surface area contributed by atoms with Crippen molar-refractivity contribution in [3.63, 3.8) is 0 Å². The first-order valence-electron chi connectivity index (χ1n) is 8.70. The van der Waals surface area contributed by atoms with Crippen LogP contribution in [-0.4, -0.2) is 17.8 Å². The standard InChI is InChI=1S/C20H22N2O2S/c1-3-23-16-6-4-5-14-11-15-19(24-17(14)16)21-18(22-20(15)25)13-9-7-12(2)8-10-13/h4-10,15,18-19,21H,3,11H2,1-2H3,(H,22,25). The molecule has 3 atom stereocenters. The van der Waals surface area contributed by atoms with Crippen LogP contribution in [0.2, 0.25) is 0 Å². The zero-order chi connectivity index (χ0) is 17.4. The summed E-state index contributed by atoms with van der Waals surface area (Å²) in [7, 11) is 0. The predicted molar refractivity (Wildman–Crippen MR) is 102 cm³/mol. The minimum Gasteiger partial charge on any atom is -0.490 e. The first-order chi connectivity index (χ1) is 12.2. The monoisotopic (exact) mass is 354 g/mol. The molecule has 0 bridgehead atoms. The van der Waals surface area contributed by atoms with Gasteiger partial charge in [-0.2, -0.15) is 0 Å². The number of benzene rings is 2. The molecule has 0 amide bonds. The largest absolute Gasteiger partial charge is 0.490 e. The van der Waals surface area contributed by atoms with Gasteiger partial charge in [0.1, 0.15) is 6.17 Å². The zero-order valence-corrected chi connectivity index (χ0v) is 15.2. The second-order valence-electron chi connectivity index (χ2n) is 6.55. The summed E-state index contributed by atoms with van der Waals surface area (Å²) in [5.74, 6) is 1.77. The highest BCUT2D eigenvalue weighted by Gasteiger charge is 2.40. The lowest BCUT2D eigenvalue weighted by Crippen LogP contribution is -2.60. The summed E-state index contributed by atoms with van der Waals surface area (Å²) in [4.78, 5) is 0.849. The Morgan fingerprint density at radius 1 is 1.20 bits per heavy atom. The van der Waals surface area contributed by atoms with E-state index in [1.165, 1.54) is 5.56 Å². The minimum atomic E-state index is -0.158. The van der Waals surface area contributed by atoms with Gasteiger partial charge < -0.3 is 14.8 Å². The summed E-state index contributed by atoms with van der Waals surface area (Å²) >= 11 is 5.66. The van der Waals surface area contributed by atoms with E-state index in [2.05, 4.69) is 47.9 Å². The summed E-state index contributed by atoms with van der Waals surface area (Å²) in [6.45, 7) is 4.69. The van der Waals surface area contributed by atoms with Gasteiger partial charge in [0.15, 0.2) is 17.7 Å². The Balaban J connectivity index is 1.61. The molecule has 4 nitrogen and oxygen atoms in total. The highest BCUT2D eigenvalue weighted by atomic mass is 32.1. The molecule has 3 unspecified atom stereocenters. The molecule has 25 heavy (non-hydrogen) atoms. The topological polar surface area (TPSA) is 42.5 Å². The van der Waals surface area contributed by atoms with Crippen LogP contribution in [0.25, 0.3) is 0 Å². The molecule has 2 aliphatic rings. The third-order valence-electron chi connectivity index (χ3n) is 4.78. The first kappa shape index (κ1) is 16.4. The molecule has 0 aliphatic carbocycles. The van der Waals surface area contributed by atoms with Crippen LogP contribution in [0.4, 0.5) is 0 Å². The maximum Gasteiger partial charge on any atom is 0.166 e. The van der Waals surface area contributed by atoms with Gasteiger partial charge in [0, 0.05) is 0 Å². The van der Waals surface area contributed by atoms with Crippen LogP contribution in [0.3, 0.4) is 0 Å². The van der Waals surface area contributed by atoms with Gasteiger partial charge in [-0.3, -0.25) is 5.32 Å². The summed E-state index contributed by atoms with van der Waals surface area (Å²) in [5, 5.41) is 6.99. The van der Waals surface area contributed by atoms with Crippen LogP contribution in [0, 0.1) is 12.8 Å². The van der Waals surface area contributed by atoms with Gasteiger partial charge in [-0.25, -0.2) is 0 Å². The van der Waals surface area contributed by atoms with Crippen molar-refractivity contribution < 1.29 is 9.47 Å². The predicted octanol–water partition coefficient (Wildman–Crippen LogP) is 3.49. The number of hydrogen-bond donors (Lipinski definition) is 2. The molecular weight excluding hydrogens is 332 g/mol. The highest BCUT2D eigenvalue weighted by Crippen LogP contribution is 2.40. The number of rotatable bonds is 3. The second kappa shape index (κ2) is 6.65. The maximum atomic E-state index is 6.30. The number of para-hydroxylation sites is 1. The molecule has 1 fully saturated rings. The Morgan fingerprint density at radius 2 is 2.00 bits per heavy atom. The molecule has 2 heterocycles. The van der Waals surface area contributed by atoms with Gasteiger partial charge in [0.05, 0.1) is 17.5 Å². The smallest absolute Gasteiger partial charge is 0.166 e. The van der Waals surface area contributed by atoms with Crippen molar-refractivity contribution in [2.75, 3.05) is 6.61 Å². The van der Waals surface area contributed by atoms with E-state index in [9.17, 15) is 0 Å². The van der Waals surface area contributed by atoms with Crippen molar-refractivity contribution in [1.29, 1.82) is 0 Å². The Bertz CT molecular complexity index is 791. The van der Waals surface area contributed by atoms with Crippen molar-refractivity contribution in [3.8, 4) is 11.5 Å². The van der Waals surface area contributed by atoms with Crippen LogP contribution >= 0.6 is 12.2 Å². The van der Waals surface area contributed by atoms with Gasteiger partial charge >= 0.3 is 0 Å². The van der Waals surface area contributed by atoms with E-state index in [0.29, 0.717) is 6.61 Å². The van der Waals surface area contributed by atoms with Gasteiger partial charge in [-0.1, -0.05) is 54.2 Å². The molecule has 0 saturated carbocycles. The molecular formula is C20H22N2O2S. The fourth-order valence-electron chi connectivity index (χ4n) is 3.45. The van der Waals surface area contributed by atoms with Crippen molar-refractivity contribution in [3.05, 3.63) is 59.2 Å². The van der Waals surface area contributed by atoms with E-state index in [4.69, 9.17) is 21.7 Å². The minimum absolute atomic E-state index is 0.0462. The zero-order valence-electron chi connectivity index (χ0n) is 14.4. The molecule has 2 aromatic rings. The number of ether oxygens (including phenoxy) is 2. The lowest BCUT2D eigenvalue weighted by atomic mass is 9.91. The molecule has 5 heteroatoms. The molecule has 1 saturated heterocycles. The van der Waals surface area contributed by atoms with E-state index in [-0.39, 0.29) is 18.3 Å². The summed E-state index contributed by atoms with van der Waals surface area (Å²) in [5.41, 5.74) is 3.54. The second-order valence-corrected chi connectivity index (χ2v) is 6.99. The summed E-state index contributed by atoms with van der Waals surface area (Å²) < 4.78 is 12.0. The molecule has 130 valence electrons. The fourth-order valence-corrected chi connectivity index (χ4v) is 3.78. The Hall–Kier alpha value is -2.11. The molecule has 0 radical (unpaired) electrons. The molecule has 0 spiro atoms. The van der Waals surface area contributed by atoms with Crippen molar-refractivity contribution >= 4 is 17.2 Å².